The van der Waals surface area contributed by atoms with Gasteiger partial charge in [-0.3, -0.25) is 4.79 Å². The zero-order valence-electron chi connectivity index (χ0n) is 26.3. The normalized spacial score (nSPS) is 13.7. The molecule has 5 aromatic rings. The maximum atomic E-state index is 14.4. The Morgan fingerprint density at radius 2 is 1.43 bits per heavy atom. The molecular weight excluding hydrogens is 579 g/mol. The molecule has 0 atom stereocenters. The first-order valence-electron chi connectivity index (χ1n) is 15.4. The molecule has 6 rings (SSSR count). The van der Waals surface area contributed by atoms with E-state index in [-0.39, 0.29) is 17.8 Å². The molecule has 0 spiro atoms. The van der Waals surface area contributed by atoms with Gasteiger partial charge in [-0.1, -0.05) is 42.5 Å². The standard InChI is InChI=1S/C39H37FN2O4/c1-42-19-17-32(18-20-42)46-34-14-15-35(36(25-34)26-7-4-10-30(40)21-26)27-8-5-11-31(22-27)41-39(43)29-13-16-38(45-3)37(24-29)28-9-6-12-33(23-28)44-2/h4-16,21-25,32H,17-20H2,1-3H3,(H,41,43). The van der Waals surface area contributed by atoms with Gasteiger partial charge >= 0.3 is 0 Å². The molecule has 1 N–H and O–H groups in total. The van der Waals surface area contributed by atoms with Gasteiger partial charge in [0, 0.05) is 29.9 Å². The van der Waals surface area contributed by atoms with Crippen molar-refractivity contribution >= 4 is 11.6 Å². The maximum Gasteiger partial charge on any atom is 0.255 e. The second kappa shape index (κ2) is 13.9. The van der Waals surface area contributed by atoms with Gasteiger partial charge in [-0.15, -0.1) is 0 Å². The molecule has 1 amide bonds. The molecule has 0 aliphatic carbocycles. The first-order valence-corrected chi connectivity index (χ1v) is 15.4. The number of rotatable bonds is 9. The fourth-order valence-electron chi connectivity index (χ4n) is 5.87. The predicted octanol–water partition coefficient (Wildman–Crippen LogP) is 8.57. The fourth-order valence-corrected chi connectivity index (χ4v) is 5.87. The number of piperidine rings is 1. The van der Waals surface area contributed by atoms with Crippen molar-refractivity contribution in [2.45, 2.75) is 18.9 Å². The zero-order chi connectivity index (χ0) is 32.0. The van der Waals surface area contributed by atoms with E-state index in [2.05, 4.69) is 17.3 Å². The minimum Gasteiger partial charge on any atom is -0.497 e. The van der Waals surface area contributed by atoms with Gasteiger partial charge in [-0.2, -0.15) is 0 Å². The molecule has 46 heavy (non-hydrogen) atoms. The summed E-state index contributed by atoms with van der Waals surface area (Å²) in [5.74, 6) is 1.56. The summed E-state index contributed by atoms with van der Waals surface area (Å²) in [6, 6.07) is 33.2. The number of nitrogens with one attached hydrogen (secondary N) is 1. The lowest BCUT2D eigenvalue weighted by molar-refractivity contribution is 0.102. The van der Waals surface area contributed by atoms with E-state index < -0.39 is 0 Å². The lowest BCUT2D eigenvalue weighted by Crippen LogP contribution is -2.35. The van der Waals surface area contributed by atoms with Crippen molar-refractivity contribution in [3.63, 3.8) is 0 Å². The average molecular weight is 617 g/mol. The largest absolute Gasteiger partial charge is 0.497 e. The summed E-state index contributed by atoms with van der Waals surface area (Å²) in [7, 11) is 5.35. The van der Waals surface area contributed by atoms with Crippen LogP contribution in [0.4, 0.5) is 10.1 Å². The van der Waals surface area contributed by atoms with Crippen molar-refractivity contribution in [3.8, 4) is 50.6 Å². The summed E-state index contributed by atoms with van der Waals surface area (Å²) in [5, 5.41) is 3.05. The average Bonchev–Trinajstić information content (AvgIpc) is 3.09. The summed E-state index contributed by atoms with van der Waals surface area (Å²) in [6.07, 6.45) is 2.07. The van der Waals surface area contributed by atoms with Gasteiger partial charge in [-0.25, -0.2) is 4.39 Å². The van der Waals surface area contributed by atoms with Gasteiger partial charge in [-0.05, 0) is 114 Å². The van der Waals surface area contributed by atoms with Crippen molar-refractivity contribution in [2.75, 3.05) is 39.7 Å². The fraction of sp³-hybridized carbons (Fsp3) is 0.205. The highest BCUT2D eigenvalue weighted by atomic mass is 19.1. The molecule has 0 aromatic heterocycles. The first-order chi connectivity index (χ1) is 22.4. The number of ether oxygens (including phenoxy) is 3. The first kappa shape index (κ1) is 30.9. The van der Waals surface area contributed by atoms with E-state index in [4.69, 9.17) is 14.2 Å². The Morgan fingerprint density at radius 3 is 2.17 bits per heavy atom. The van der Waals surface area contributed by atoms with Crippen LogP contribution in [0.3, 0.4) is 0 Å². The van der Waals surface area contributed by atoms with Gasteiger partial charge in [0.05, 0.1) is 14.2 Å². The number of carbonyl (C=O) groups excluding carboxylic acids is 1. The van der Waals surface area contributed by atoms with Crippen LogP contribution in [0, 0.1) is 5.82 Å². The molecule has 0 radical (unpaired) electrons. The van der Waals surface area contributed by atoms with E-state index in [0.717, 1.165) is 65.1 Å². The second-order valence-electron chi connectivity index (χ2n) is 11.5. The van der Waals surface area contributed by atoms with Crippen molar-refractivity contribution in [2.24, 2.45) is 0 Å². The minimum atomic E-state index is -0.307. The maximum absolute atomic E-state index is 14.4. The number of carbonyl (C=O) groups is 1. The van der Waals surface area contributed by atoms with Crippen LogP contribution in [0.15, 0.2) is 109 Å². The monoisotopic (exact) mass is 616 g/mol. The Labute approximate surface area is 269 Å². The molecule has 1 fully saturated rings. The summed E-state index contributed by atoms with van der Waals surface area (Å²) < 4.78 is 31.8. The Morgan fingerprint density at radius 1 is 0.717 bits per heavy atom. The number of likely N-dealkylation sites (tertiary alicyclic amines) is 1. The molecule has 1 aliphatic rings. The third kappa shape index (κ3) is 7.05. The topological polar surface area (TPSA) is 60.0 Å². The number of methoxy groups -OCH3 is 2. The number of nitrogens with zero attached hydrogens (tertiary/aromatic N) is 1. The van der Waals surface area contributed by atoms with E-state index in [1.54, 1.807) is 32.4 Å². The minimum absolute atomic E-state index is 0.142. The van der Waals surface area contributed by atoms with E-state index in [9.17, 15) is 9.18 Å². The van der Waals surface area contributed by atoms with E-state index in [0.29, 0.717) is 22.7 Å². The van der Waals surface area contributed by atoms with Gasteiger partial charge in [0.1, 0.15) is 29.2 Å². The molecular formula is C39H37FN2O4. The number of hydrogen-bond donors (Lipinski definition) is 1. The Balaban J connectivity index is 1.29. The summed E-state index contributed by atoms with van der Waals surface area (Å²) in [5.41, 5.74) is 6.17. The molecule has 234 valence electrons. The van der Waals surface area contributed by atoms with Crippen LogP contribution in [0.5, 0.6) is 17.2 Å². The third-order valence-electron chi connectivity index (χ3n) is 8.37. The molecule has 0 unspecified atom stereocenters. The molecule has 6 nitrogen and oxygen atoms in total. The predicted molar refractivity (Wildman–Crippen MR) is 181 cm³/mol. The number of anilines is 1. The van der Waals surface area contributed by atoms with E-state index in [1.165, 1.54) is 12.1 Å². The molecule has 1 aliphatic heterocycles. The lowest BCUT2D eigenvalue weighted by Gasteiger charge is -2.29. The third-order valence-corrected chi connectivity index (χ3v) is 8.37. The number of amides is 1. The molecule has 0 bridgehead atoms. The van der Waals surface area contributed by atoms with Crippen LogP contribution in [0.2, 0.25) is 0 Å². The van der Waals surface area contributed by atoms with Crippen LogP contribution in [0.25, 0.3) is 33.4 Å². The van der Waals surface area contributed by atoms with Gasteiger partial charge in [0.2, 0.25) is 0 Å². The van der Waals surface area contributed by atoms with Crippen LogP contribution >= 0.6 is 0 Å². The molecule has 1 saturated heterocycles. The highest BCUT2D eigenvalue weighted by molar-refractivity contribution is 6.05. The summed E-state index contributed by atoms with van der Waals surface area (Å²) in [6.45, 7) is 1.99. The van der Waals surface area contributed by atoms with Crippen molar-refractivity contribution in [1.29, 1.82) is 0 Å². The molecule has 1 heterocycles. The van der Waals surface area contributed by atoms with Crippen molar-refractivity contribution in [3.05, 3.63) is 121 Å². The summed E-state index contributed by atoms with van der Waals surface area (Å²) in [4.78, 5) is 15.8. The molecule has 7 heteroatoms. The number of hydrogen-bond acceptors (Lipinski definition) is 5. The van der Waals surface area contributed by atoms with Crippen LogP contribution < -0.4 is 19.5 Å². The van der Waals surface area contributed by atoms with Crippen LogP contribution in [0.1, 0.15) is 23.2 Å². The van der Waals surface area contributed by atoms with E-state index in [1.807, 2.05) is 78.9 Å². The van der Waals surface area contributed by atoms with Crippen molar-refractivity contribution in [1.82, 2.24) is 4.90 Å². The van der Waals surface area contributed by atoms with Gasteiger partial charge in [0.15, 0.2) is 0 Å². The molecule has 0 saturated carbocycles. The van der Waals surface area contributed by atoms with Crippen LogP contribution in [-0.4, -0.2) is 51.3 Å². The Bertz CT molecular complexity index is 1850. The highest BCUT2D eigenvalue weighted by Gasteiger charge is 2.20. The zero-order valence-corrected chi connectivity index (χ0v) is 26.3. The van der Waals surface area contributed by atoms with Crippen LogP contribution in [-0.2, 0) is 0 Å². The number of benzene rings is 5. The second-order valence-corrected chi connectivity index (χ2v) is 11.5. The molecule has 5 aromatic carbocycles. The smallest absolute Gasteiger partial charge is 0.255 e. The van der Waals surface area contributed by atoms with Crippen molar-refractivity contribution < 1.29 is 23.4 Å². The number of halogens is 1. The van der Waals surface area contributed by atoms with E-state index >= 15 is 0 Å². The lowest BCUT2D eigenvalue weighted by atomic mass is 9.94. The Hall–Kier alpha value is -5.14. The summed E-state index contributed by atoms with van der Waals surface area (Å²) >= 11 is 0. The quantitative estimate of drug-likeness (QED) is 0.180. The Kier molecular flexibility index (Phi) is 9.31. The highest BCUT2D eigenvalue weighted by Crippen LogP contribution is 2.37. The van der Waals surface area contributed by atoms with Gasteiger partial charge < -0.3 is 24.4 Å². The SMILES string of the molecule is COc1cccc(-c2cc(C(=O)Nc3cccc(-c4ccc(OC5CCN(C)CC5)cc4-c4cccc(F)c4)c3)ccc2OC)c1. The van der Waals surface area contributed by atoms with Gasteiger partial charge in [0.25, 0.3) is 5.91 Å².